The Morgan fingerprint density at radius 3 is 2.76 bits per heavy atom. The highest BCUT2D eigenvalue weighted by Crippen LogP contribution is 2.24. The molecule has 0 fully saturated rings. The molecule has 9 heteroatoms. The molecule has 2 rings (SSSR count). The zero-order chi connectivity index (χ0) is 15.6. The first-order chi connectivity index (χ1) is 9.91. The van der Waals surface area contributed by atoms with E-state index in [0.29, 0.717) is 0 Å². The summed E-state index contributed by atoms with van der Waals surface area (Å²) in [5.74, 6) is -1.35. The third-order valence-electron chi connectivity index (χ3n) is 2.87. The van der Waals surface area contributed by atoms with Gasteiger partial charge in [0.15, 0.2) is 0 Å². The van der Waals surface area contributed by atoms with Gasteiger partial charge in [0.25, 0.3) is 5.69 Å². The fraction of sp³-hybridized carbons (Fsp3) is 0.167. The van der Waals surface area contributed by atoms with Gasteiger partial charge in [0.2, 0.25) is 0 Å². The standard InChI is InChI=1S/C12H11N3O5S/c1-14-10(8(6-13-14)12(16)17)7-21(20)11-5-3-2-4-9(11)15(18)19/h2-6H,7H2,1H3,(H,16,17). The Morgan fingerprint density at radius 1 is 1.48 bits per heavy atom. The molecule has 1 unspecified atom stereocenters. The summed E-state index contributed by atoms with van der Waals surface area (Å²) >= 11 is 0. The van der Waals surface area contributed by atoms with Gasteiger partial charge in [0, 0.05) is 13.1 Å². The lowest BCUT2D eigenvalue weighted by atomic mass is 10.3. The molecule has 0 spiro atoms. The van der Waals surface area contributed by atoms with Gasteiger partial charge >= 0.3 is 5.97 Å². The zero-order valence-electron chi connectivity index (χ0n) is 10.9. The first kappa shape index (κ1) is 14.9. The molecule has 0 bridgehead atoms. The number of nitro groups is 1. The number of carboxylic acids is 1. The number of carbonyl (C=O) groups is 1. The van der Waals surface area contributed by atoms with Crippen LogP contribution in [0.3, 0.4) is 0 Å². The highest BCUT2D eigenvalue weighted by atomic mass is 32.2. The molecule has 0 aliphatic carbocycles. The van der Waals surface area contributed by atoms with E-state index < -0.39 is 21.7 Å². The highest BCUT2D eigenvalue weighted by molar-refractivity contribution is 7.84. The van der Waals surface area contributed by atoms with Crippen molar-refractivity contribution in [1.29, 1.82) is 0 Å². The summed E-state index contributed by atoms with van der Waals surface area (Å²) in [6, 6.07) is 5.67. The van der Waals surface area contributed by atoms with Gasteiger partial charge < -0.3 is 5.11 Å². The van der Waals surface area contributed by atoms with Crippen molar-refractivity contribution in [1.82, 2.24) is 9.78 Å². The molecule has 2 aromatic rings. The van der Waals surface area contributed by atoms with E-state index in [1.807, 2.05) is 0 Å². The van der Waals surface area contributed by atoms with Gasteiger partial charge in [0.1, 0.15) is 10.5 Å². The maximum atomic E-state index is 12.3. The van der Waals surface area contributed by atoms with Crippen LogP contribution in [-0.4, -0.2) is 30.0 Å². The average Bonchev–Trinajstić information content (AvgIpc) is 2.80. The van der Waals surface area contributed by atoms with Crippen molar-refractivity contribution in [3.8, 4) is 0 Å². The number of hydrogen-bond acceptors (Lipinski definition) is 5. The second-order valence-corrected chi connectivity index (χ2v) is 5.57. The Kier molecular flexibility index (Phi) is 4.13. The molecule has 0 amide bonds. The molecule has 1 aromatic heterocycles. The van der Waals surface area contributed by atoms with Crippen molar-refractivity contribution in [3.63, 3.8) is 0 Å². The third kappa shape index (κ3) is 2.97. The number of para-hydroxylation sites is 1. The van der Waals surface area contributed by atoms with Crippen molar-refractivity contribution >= 4 is 22.5 Å². The van der Waals surface area contributed by atoms with E-state index in [1.54, 1.807) is 6.07 Å². The number of aromatic carboxylic acids is 1. The predicted octanol–water partition coefficient (Wildman–Crippen LogP) is 1.33. The minimum Gasteiger partial charge on any atom is -0.478 e. The highest BCUT2D eigenvalue weighted by Gasteiger charge is 2.22. The van der Waals surface area contributed by atoms with Gasteiger partial charge in [-0.25, -0.2) is 4.79 Å². The average molecular weight is 309 g/mol. The van der Waals surface area contributed by atoms with Crippen LogP contribution in [0.25, 0.3) is 0 Å². The Morgan fingerprint density at radius 2 is 2.14 bits per heavy atom. The third-order valence-corrected chi connectivity index (χ3v) is 4.24. The van der Waals surface area contributed by atoms with Crippen LogP contribution in [0.4, 0.5) is 5.69 Å². The SMILES string of the molecule is Cn1ncc(C(=O)O)c1CS(=O)c1ccccc1[N+](=O)[O-]. The van der Waals surface area contributed by atoms with Crippen molar-refractivity contribution in [2.45, 2.75) is 10.6 Å². The Hall–Kier alpha value is -2.55. The Labute approximate surface area is 121 Å². The van der Waals surface area contributed by atoms with Crippen molar-refractivity contribution in [2.24, 2.45) is 7.05 Å². The minimum atomic E-state index is -1.75. The number of benzene rings is 1. The molecule has 0 aliphatic rings. The molecule has 8 nitrogen and oxygen atoms in total. The van der Waals surface area contributed by atoms with Crippen LogP contribution in [0.5, 0.6) is 0 Å². The molecule has 0 aliphatic heterocycles. The number of aromatic nitrogens is 2. The number of nitro benzene ring substituents is 1. The van der Waals surface area contributed by atoms with E-state index in [4.69, 9.17) is 5.11 Å². The molecule has 110 valence electrons. The molecular weight excluding hydrogens is 298 g/mol. The number of nitrogens with zero attached hydrogens (tertiary/aromatic N) is 3. The molecule has 21 heavy (non-hydrogen) atoms. The second kappa shape index (κ2) is 5.83. The summed E-state index contributed by atoms with van der Waals surface area (Å²) in [4.78, 5) is 21.4. The lowest BCUT2D eigenvalue weighted by Gasteiger charge is -2.05. The fourth-order valence-electron chi connectivity index (χ4n) is 1.82. The van der Waals surface area contributed by atoms with Crippen LogP contribution in [-0.2, 0) is 23.6 Å². The molecule has 1 aromatic carbocycles. The Bertz CT molecular complexity index is 740. The van der Waals surface area contributed by atoms with E-state index in [9.17, 15) is 19.1 Å². The minimum absolute atomic E-state index is 0.0556. The number of rotatable bonds is 5. The van der Waals surface area contributed by atoms with Crippen LogP contribution < -0.4 is 0 Å². The van der Waals surface area contributed by atoms with Crippen molar-refractivity contribution in [3.05, 3.63) is 51.8 Å². The number of hydrogen-bond donors (Lipinski definition) is 1. The van der Waals surface area contributed by atoms with Crippen LogP contribution in [0.15, 0.2) is 35.4 Å². The molecule has 0 saturated heterocycles. The monoisotopic (exact) mass is 309 g/mol. The number of aryl methyl sites for hydroxylation is 1. The number of carboxylic acid groups (broad SMARTS) is 1. The van der Waals surface area contributed by atoms with Crippen molar-refractivity contribution in [2.75, 3.05) is 0 Å². The Balaban J connectivity index is 2.38. The maximum Gasteiger partial charge on any atom is 0.339 e. The van der Waals surface area contributed by atoms with Crippen LogP contribution in [0, 0.1) is 10.1 Å². The summed E-state index contributed by atoms with van der Waals surface area (Å²) in [6.45, 7) is 0. The quantitative estimate of drug-likeness (QED) is 0.658. The van der Waals surface area contributed by atoms with Gasteiger partial charge in [-0.15, -0.1) is 0 Å². The van der Waals surface area contributed by atoms with Crippen LogP contribution in [0.1, 0.15) is 16.1 Å². The first-order valence-electron chi connectivity index (χ1n) is 5.77. The molecule has 1 atom stereocenters. The topological polar surface area (TPSA) is 115 Å². The first-order valence-corrected chi connectivity index (χ1v) is 7.09. The second-order valence-electron chi connectivity index (χ2n) is 4.15. The lowest BCUT2D eigenvalue weighted by Crippen LogP contribution is -2.09. The van der Waals surface area contributed by atoms with Crippen molar-refractivity contribution < 1.29 is 19.0 Å². The van der Waals surface area contributed by atoms with E-state index in [2.05, 4.69) is 5.10 Å². The molecule has 1 heterocycles. The lowest BCUT2D eigenvalue weighted by molar-refractivity contribution is -0.387. The summed E-state index contributed by atoms with van der Waals surface area (Å²) in [6.07, 6.45) is 1.16. The largest absolute Gasteiger partial charge is 0.478 e. The van der Waals surface area contributed by atoms with Gasteiger partial charge in [-0.1, -0.05) is 12.1 Å². The summed E-state index contributed by atoms with van der Waals surface area (Å²) in [5, 5.41) is 23.8. The van der Waals surface area contributed by atoms with E-state index in [1.165, 1.54) is 29.9 Å². The van der Waals surface area contributed by atoms with E-state index >= 15 is 0 Å². The van der Waals surface area contributed by atoms with Gasteiger partial charge in [-0.05, 0) is 6.07 Å². The zero-order valence-corrected chi connectivity index (χ0v) is 11.7. The molecule has 0 saturated carbocycles. The maximum absolute atomic E-state index is 12.3. The summed E-state index contributed by atoms with van der Waals surface area (Å²) in [7, 11) is -0.222. The summed E-state index contributed by atoms with van der Waals surface area (Å²) < 4.78 is 13.6. The fourth-order valence-corrected chi connectivity index (χ4v) is 3.17. The normalized spacial score (nSPS) is 12.0. The van der Waals surface area contributed by atoms with Crippen LogP contribution >= 0.6 is 0 Å². The predicted molar refractivity (Wildman–Crippen MR) is 73.4 cm³/mol. The van der Waals surface area contributed by atoms with E-state index in [0.717, 1.165) is 6.20 Å². The molecular formula is C12H11N3O5S. The van der Waals surface area contributed by atoms with E-state index in [-0.39, 0.29) is 27.6 Å². The van der Waals surface area contributed by atoms with Gasteiger partial charge in [-0.2, -0.15) is 5.10 Å². The van der Waals surface area contributed by atoms with Gasteiger partial charge in [0.05, 0.1) is 33.4 Å². The molecule has 0 radical (unpaired) electrons. The summed E-state index contributed by atoms with van der Waals surface area (Å²) in [5.41, 5.74) is -0.0710. The van der Waals surface area contributed by atoms with Gasteiger partial charge in [-0.3, -0.25) is 19.0 Å². The molecule has 1 N–H and O–H groups in total. The smallest absolute Gasteiger partial charge is 0.339 e. The van der Waals surface area contributed by atoms with Crippen LogP contribution in [0.2, 0.25) is 0 Å².